The molecule has 1 amide bonds. The lowest BCUT2D eigenvalue weighted by molar-refractivity contribution is -0.121. The van der Waals surface area contributed by atoms with Crippen LogP contribution in [-0.2, 0) is 4.79 Å². The predicted octanol–water partition coefficient (Wildman–Crippen LogP) is 1.03. The molecule has 0 aromatic rings. The molecule has 3 heteroatoms. The first-order valence-electron chi connectivity index (χ1n) is 4.78. The Kier molecular flexibility index (Phi) is 8.12. The molecule has 0 rings (SSSR count). The second-order valence-electron chi connectivity index (χ2n) is 2.95. The third-order valence-electron chi connectivity index (χ3n) is 1.71. The first kappa shape index (κ1) is 11.4. The Morgan fingerprint density at radius 1 is 1.33 bits per heavy atom. The maximum absolute atomic E-state index is 11.0. The van der Waals surface area contributed by atoms with E-state index in [2.05, 4.69) is 12.2 Å². The minimum atomic E-state index is 0.164. The summed E-state index contributed by atoms with van der Waals surface area (Å²) in [6.07, 6.45) is 4.68. The van der Waals surface area contributed by atoms with Crippen molar-refractivity contribution in [3.63, 3.8) is 0 Å². The quantitative estimate of drug-likeness (QED) is 0.564. The van der Waals surface area contributed by atoms with Crippen LogP contribution in [0.1, 0.15) is 39.0 Å². The smallest absolute Gasteiger partial charge is 0.219 e. The number of hydrogen-bond acceptors (Lipinski definition) is 2. The van der Waals surface area contributed by atoms with Gasteiger partial charge in [0.05, 0.1) is 0 Å². The molecule has 0 bridgehead atoms. The van der Waals surface area contributed by atoms with Crippen LogP contribution in [0.5, 0.6) is 0 Å². The van der Waals surface area contributed by atoms with Crippen LogP contribution in [0, 0.1) is 0 Å². The molecule has 0 atom stereocenters. The standard InChI is InChI=1S/C9H20N2O/c1-2-3-8-11-9(12)6-4-5-7-10/h2-8,10H2,1H3,(H,11,12). The highest BCUT2D eigenvalue weighted by Crippen LogP contribution is 1.93. The molecule has 0 radical (unpaired) electrons. The summed E-state index contributed by atoms with van der Waals surface area (Å²) in [7, 11) is 0. The summed E-state index contributed by atoms with van der Waals surface area (Å²) in [6.45, 7) is 3.61. The van der Waals surface area contributed by atoms with Crippen LogP contribution in [0.15, 0.2) is 0 Å². The molecule has 0 aliphatic heterocycles. The van der Waals surface area contributed by atoms with Gasteiger partial charge < -0.3 is 11.1 Å². The van der Waals surface area contributed by atoms with Gasteiger partial charge in [0.2, 0.25) is 5.91 Å². The van der Waals surface area contributed by atoms with E-state index in [-0.39, 0.29) is 5.91 Å². The average Bonchev–Trinajstić information content (AvgIpc) is 2.06. The van der Waals surface area contributed by atoms with Gasteiger partial charge in [-0.05, 0) is 25.8 Å². The molecule has 3 N–H and O–H groups in total. The zero-order chi connectivity index (χ0) is 9.23. The highest BCUT2D eigenvalue weighted by molar-refractivity contribution is 5.75. The highest BCUT2D eigenvalue weighted by atomic mass is 16.1. The van der Waals surface area contributed by atoms with Gasteiger partial charge in [-0.1, -0.05) is 13.3 Å². The first-order valence-corrected chi connectivity index (χ1v) is 4.78. The van der Waals surface area contributed by atoms with Crippen molar-refractivity contribution in [2.24, 2.45) is 5.73 Å². The van der Waals surface area contributed by atoms with Crippen molar-refractivity contribution in [2.75, 3.05) is 13.1 Å². The van der Waals surface area contributed by atoms with Crippen molar-refractivity contribution in [3.05, 3.63) is 0 Å². The Labute approximate surface area is 74.7 Å². The Morgan fingerprint density at radius 3 is 2.67 bits per heavy atom. The van der Waals surface area contributed by atoms with E-state index in [0.29, 0.717) is 13.0 Å². The third-order valence-corrected chi connectivity index (χ3v) is 1.71. The molecule has 0 aliphatic rings. The number of hydrogen-bond donors (Lipinski definition) is 2. The third kappa shape index (κ3) is 7.54. The summed E-state index contributed by atoms with van der Waals surface area (Å²) in [4.78, 5) is 11.0. The minimum absolute atomic E-state index is 0.164. The van der Waals surface area contributed by atoms with Crippen LogP contribution in [0.4, 0.5) is 0 Å². The monoisotopic (exact) mass is 172 g/mol. The second kappa shape index (κ2) is 8.53. The Bertz CT molecular complexity index is 103. The number of nitrogens with two attached hydrogens (primary N) is 1. The van der Waals surface area contributed by atoms with Gasteiger partial charge in [-0.2, -0.15) is 0 Å². The molecule has 72 valence electrons. The molecular weight excluding hydrogens is 152 g/mol. The van der Waals surface area contributed by atoms with Crippen molar-refractivity contribution < 1.29 is 4.79 Å². The maximum Gasteiger partial charge on any atom is 0.219 e. The zero-order valence-electron chi connectivity index (χ0n) is 7.94. The van der Waals surface area contributed by atoms with Gasteiger partial charge in [-0.3, -0.25) is 4.79 Å². The normalized spacial score (nSPS) is 9.83. The maximum atomic E-state index is 11.0. The molecule has 0 spiro atoms. The van der Waals surface area contributed by atoms with Gasteiger partial charge in [-0.25, -0.2) is 0 Å². The molecule has 0 aliphatic carbocycles. The number of carbonyl (C=O) groups is 1. The summed E-state index contributed by atoms with van der Waals surface area (Å²) < 4.78 is 0. The van der Waals surface area contributed by atoms with Crippen molar-refractivity contribution >= 4 is 5.91 Å². The van der Waals surface area contributed by atoms with Crippen molar-refractivity contribution in [3.8, 4) is 0 Å². The van der Waals surface area contributed by atoms with Gasteiger partial charge >= 0.3 is 0 Å². The predicted molar refractivity (Wildman–Crippen MR) is 50.8 cm³/mol. The fourth-order valence-electron chi connectivity index (χ4n) is 0.923. The van der Waals surface area contributed by atoms with E-state index >= 15 is 0 Å². The number of carbonyl (C=O) groups excluding carboxylic acids is 1. The molecule has 0 heterocycles. The van der Waals surface area contributed by atoms with E-state index in [1.807, 2.05) is 0 Å². The van der Waals surface area contributed by atoms with E-state index in [0.717, 1.165) is 32.2 Å². The van der Waals surface area contributed by atoms with Gasteiger partial charge in [-0.15, -0.1) is 0 Å². The average molecular weight is 172 g/mol. The summed E-state index contributed by atoms with van der Waals surface area (Å²) in [6, 6.07) is 0. The molecule has 0 unspecified atom stereocenters. The summed E-state index contributed by atoms with van der Waals surface area (Å²) in [5.74, 6) is 0.164. The topological polar surface area (TPSA) is 55.1 Å². The molecule has 0 fully saturated rings. The minimum Gasteiger partial charge on any atom is -0.356 e. The van der Waals surface area contributed by atoms with Gasteiger partial charge in [0.15, 0.2) is 0 Å². The van der Waals surface area contributed by atoms with E-state index < -0.39 is 0 Å². The summed E-state index contributed by atoms with van der Waals surface area (Å²) in [5.41, 5.74) is 5.30. The first-order chi connectivity index (χ1) is 5.81. The Hall–Kier alpha value is -0.570. The van der Waals surface area contributed by atoms with Crippen LogP contribution in [-0.4, -0.2) is 19.0 Å². The van der Waals surface area contributed by atoms with Gasteiger partial charge in [0.25, 0.3) is 0 Å². The number of amides is 1. The van der Waals surface area contributed by atoms with Crippen molar-refractivity contribution in [1.29, 1.82) is 0 Å². The van der Waals surface area contributed by atoms with Crippen LogP contribution in [0.3, 0.4) is 0 Å². The number of unbranched alkanes of at least 4 members (excludes halogenated alkanes) is 2. The fourth-order valence-corrected chi connectivity index (χ4v) is 0.923. The van der Waals surface area contributed by atoms with Crippen LogP contribution in [0.25, 0.3) is 0 Å². The Morgan fingerprint density at radius 2 is 2.08 bits per heavy atom. The molecule has 0 saturated heterocycles. The van der Waals surface area contributed by atoms with Crippen LogP contribution >= 0.6 is 0 Å². The Balaban J connectivity index is 3.10. The molecule has 12 heavy (non-hydrogen) atoms. The van der Waals surface area contributed by atoms with Crippen molar-refractivity contribution in [2.45, 2.75) is 39.0 Å². The fraction of sp³-hybridized carbons (Fsp3) is 0.889. The molecule has 3 nitrogen and oxygen atoms in total. The van der Waals surface area contributed by atoms with E-state index in [1.54, 1.807) is 0 Å². The van der Waals surface area contributed by atoms with Crippen LogP contribution in [0.2, 0.25) is 0 Å². The number of rotatable bonds is 7. The lowest BCUT2D eigenvalue weighted by Gasteiger charge is -2.02. The lowest BCUT2D eigenvalue weighted by atomic mass is 10.2. The highest BCUT2D eigenvalue weighted by Gasteiger charge is 1.98. The zero-order valence-corrected chi connectivity index (χ0v) is 7.94. The SMILES string of the molecule is CCCCNC(=O)CCCCN. The summed E-state index contributed by atoms with van der Waals surface area (Å²) in [5, 5.41) is 2.86. The number of nitrogens with one attached hydrogen (secondary N) is 1. The van der Waals surface area contributed by atoms with Crippen LogP contribution < -0.4 is 11.1 Å². The molecule has 0 aromatic carbocycles. The summed E-state index contributed by atoms with van der Waals surface area (Å²) >= 11 is 0. The molecular formula is C9H20N2O. The second-order valence-corrected chi connectivity index (χ2v) is 2.95. The largest absolute Gasteiger partial charge is 0.356 e. The van der Waals surface area contributed by atoms with Crippen molar-refractivity contribution in [1.82, 2.24) is 5.32 Å². The molecule has 0 saturated carbocycles. The van der Waals surface area contributed by atoms with E-state index in [4.69, 9.17) is 5.73 Å². The van der Waals surface area contributed by atoms with Gasteiger partial charge in [0.1, 0.15) is 0 Å². The van der Waals surface area contributed by atoms with E-state index in [1.165, 1.54) is 0 Å². The van der Waals surface area contributed by atoms with Gasteiger partial charge in [0, 0.05) is 13.0 Å². The lowest BCUT2D eigenvalue weighted by Crippen LogP contribution is -2.24. The molecule has 0 aromatic heterocycles. The van der Waals surface area contributed by atoms with E-state index in [9.17, 15) is 4.79 Å².